The average molecular weight is 308 g/mol. The maximum absolute atomic E-state index is 11.8. The van der Waals surface area contributed by atoms with Crippen molar-refractivity contribution in [2.75, 3.05) is 32.1 Å². The normalized spacial score (nSPS) is 23.1. The lowest BCUT2D eigenvalue weighted by molar-refractivity contribution is -0.141. The molecule has 6 heteroatoms. The topological polar surface area (TPSA) is 51.7 Å². The molecule has 2 aliphatic heterocycles. The number of nitrogens with zero attached hydrogens (tertiary/aromatic N) is 2. The van der Waals surface area contributed by atoms with Crippen molar-refractivity contribution in [3.63, 3.8) is 0 Å². The number of amides is 1. The van der Waals surface area contributed by atoms with Gasteiger partial charge in [0.15, 0.2) is 0 Å². The zero-order chi connectivity index (χ0) is 14.7. The molecule has 3 heterocycles. The molecular weight excluding hydrogens is 288 g/mol. The molecule has 21 heavy (non-hydrogen) atoms. The van der Waals surface area contributed by atoms with Gasteiger partial charge in [-0.05, 0) is 19.1 Å². The van der Waals surface area contributed by atoms with E-state index in [4.69, 9.17) is 9.47 Å². The highest BCUT2D eigenvalue weighted by Crippen LogP contribution is 2.46. The van der Waals surface area contributed by atoms with E-state index in [9.17, 15) is 4.79 Å². The molecule has 1 aromatic rings. The Morgan fingerprint density at radius 1 is 1.57 bits per heavy atom. The minimum Gasteiger partial charge on any atom is -0.488 e. The summed E-state index contributed by atoms with van der Waals surface area (Å²) in [6, 6.07) is 3.81. The molecule has 2 fully saturated rings. The minimum absolute atomic E-state index is 0.0969. The molecule has 0 aromatic carbocycles. The second-order valence-electron chi connectivity index (χ2n) is 5.51. The molecule has 114 valence electrons. The van der Waals surface area contributed by atoms with Crippen LogP contribution < -0.4 is 4.74 Å². The molecule has 1 amide bonds. The Bertz CT molecular complexity index is 491. The predicted molar refractivity (Wildman–Crippen MR) is 81.5 cm³/mol. The maximum atomic E-state index is 11.8. The van der Waals surface area contributed by atoms with Crippen LogP contribution in [-0.2, 0) is 9.53 Å². The van der Waals surface area contributed by atoms with E-state index in [0.29, 0.717) is 6.61 Å². The largest absolute Gasteiger partial charge is 0.488 e. The number of aromatic nitrogens is 1. The number of hydrogen-bond donors (Lipinski definition) is 0. The Balaban J connectivity index is 1.47. The standard InChI is InChI=1S/C15H20N2O3S/c1-2-19-8-14(18)17-10-15(11-17)6-13(9-21-15)20-12-4-3-5-16-7-12/h3-5,7,13H,2,6,8-11H2,1H3/t13-/m1/s1. The molecule has 0 aliphatic carbocycles. The van der Waals surface area contributed by atoms with Crippen LogP contribution in [0, 0.1) is 0 Å². The van der Waals surface area contributed by atoms with E-state index in [1.807, 2.05) is 35.7 Å². The van der Waals surface area contributed by atoms with E-state index < -0.39 is 0 Å². The summed E-state index contributed by atoms with van der Waals surface area (Å²) in [6.07, 6.45) is 4.69. The first kappa shape index (κ1) is 14.7. The molecule has 0 unspecified atom stereocenters. The molecule has 5 nitrogen and oxygen atoms in total. The average Bonchev–Trinajstić information content (AvgIpc) is 2.88. The summed E-state index contributed by atoms with van der Waals surface area (Å²) in [5.74, 6) is 1.89. The maximum Gasteiger partial charge on any atom is 0.248 e. The fourth-order valence-electron chi connectivity index (χ4n) is 2.81. The zero-order valence-electron chi connectivity index (χ0n) is 12.2. The van der Waals surface area contributed by atoms with Crippen molar-refractivity contribution in [1.82, 2.24) is 9.88 Å². The quantitative estimate of drug-likeness (QED) is 0.827. The SMILES string of the molecule is CCOCC(=O)N1CC2(C[C@@H](Oc3cccnc3)CS2)C1. The van der Waals surface area contributed by atoms with Crippen molar-refractivity contribution >= 4 is 17.7 Å². The summed E-state index contributed by atoms with van der Waals surface area (Å²) in [5.41, 5.74) is 0. The highest BCUT2D eigenvalue weighted by atomic mass is 32.2. The molecule has 0 N–H and O–H groups in total. The number of hydrogen-bond acceptors (Lipinski definition) is 5. The van der Waals surface area contributed by atoms with Crippen LogP contribution in [0.3, 0.4) is 0 Å². The molecule has 1 atom stereocenters. The van der Waals surface area contributed by atoms with E-state index in [-0.39, 0.29) is 23.4 Å². The Hall–Kier alpha value is -1.27. The lowest BCUT2D eigenvalue weighted by Crippen LogP contribution is -2.61. The molecular formula is C15H20N2O3S. The number of carbonyl (C=O) groups is 1. The summed E-state index contributed by atoms with van der Waals surface area (Å²) < 4.78 is 11.3. The van der Waals surface area contributed by atoms with Crippen molar-refractivity contribution < 1.29 is 14.3 Å². The van der Waals surface area contributed by atoms with Gasteiger partial charge in [-0.3, -0.25) is 9.78 Å². The van der Waals surface area contributed by atoms with E-state index in [1.54, 1.807) is 12.4 Å². The van der Waals surface area contributed by atoms with Crippen LogP contribution in [0.5, 0.6) is 5.75 Å². The van der Waals surface area contributed by atoms with Crippen molar-refractivity contribution in [1.29, 1.82) is 0 Å². The van der Waals surface area contributed by atoms with Gasteiger partial charge in [-0.2, -0.15) is 0 Å². The summed E-state index contributed by atoms with van der Waals surface area (Å²) in [4.78, 5) is 17.8. The zero-order valence-corrected chi connectivity index (χ0v) is 13.0. The molecule has 3 rings (SSSR count). The van der Waals surface area contributed by atoms with Gasteiger partial charge in [0.1, 0.15) is 18.5 Å². The van der Waals surface area contributed by atoms with E-state index in [1.165, 1.54) is 0 Å². The first-order valence-corrected chi connectivity index (χ1v) is 8.25. The Kier molecular flexibility index (Phi) is 4.35. The predicted octanol–water partition coefficient (Wildman–Crippen LogP) is 1.58. The van der Waals surface area contributed by atoms with Gasteiger partial charge in [0.2, 0.25) is 5.91 Å². The van der Waals surface area contributed by atoms with Crippen LogP contribution in [0.1, 0.15) is 13.3 Å². The molecule has 1 spiro atoms. The highest BCUT2D eigenvalue weighted by molar-refractivity contribution is 8.01. The van der Waals surface area contributed by atoms with Crippen LogP contribution >= 0.6 is 11.8 Å². The van der Waals surface area contributed by atoms with Crippen LogP contribution in [0.4, 0.5) is 0 Å². The number of likely N-dealkylation sites (tertiary alicyclic amines) is 1. The molecule has 0 bridgehead atoms. The number of pyridine rings is 1. The summed E-state index contributed by atoms with van der Waals surface area (Å²) >= 11 is 1.92. The molecule has 0 saturated carbocycles. The molecule has 2 saturated heterocycles. The Labute approximate surface area is 129 Å². The lowest BCUT2D eigenvalue weighted by atomic mass is 9.93. The van der Waals surface area contributed by atoms with Gasteiger partial charge in [-0.15, -0.1) is 11.8 Å². The minimum atomic E-state index is 0.0969. The van der Waals surface area contributed by atoms with Crippen LogP contribution in [-0.4, -0.2) is 58.7 Å². The monoisotopic (exact) mass is 308 g/mol. The van der Waals surface area contributed by atoms with Gasteiger partial charge < -0.3 is 14.4 Å². The third-order valence-corrected chi connectivity index (χ3v) is 5.43. The van der Waals surface area contributed by atoms with Gasteiger partial charge in [-0.1, -0.05) is 0 Å². The number of ether oxygens (including phenoxy) is 2. The first-order valence-electron chi connectivity index (χ1n) is 7.27. The number of thioether (sulfide) groups is 1. The highest BCUT2D eigenvalue weighted by Gasteiger charge is 2.51. The van der Waals surface area contributed by atoms with Crippen LogP contribution in [0.25, 0.3) is 0 Å². The van der Waals surface area contributed by atoms with E-state index >= 15 is 0 Å². The van der Waals surface area contributed by atoms with Crippen LogP contribution in [0.15, 0.2) is 24.5 Å². The van der Waals surface area contributed by atoms with Crippen molar-refractivity contribution in [2.45, 2.75) is 24.2 Å². The fraction of sp³-hybridized carbons (Fsp3) is 0.600. The Morgan fingerprint density at radius 3 is 3.14 bits per heavy atom. The smallest absolute Gasteiger partial charge is 0.248 e. The van der Waals surface area contributed by atoms with E-state index in [2.05, 4.69) is 4.98 Å². The third-order valence-electron chi connectivity index (χ3n) is 3.85. The first-order chi connectivity index (χ1) is 10.2. The Morgan fingerprint density at radius 2 is 2.43 bits per heavy atom. The van der Waals surface area contributed by atoms with Crippen molar-refractivity contribution in [2.24, 2.45) is 0 Å². The second kappa shape index (κ2) is 6.23. The van der Waals surface area contributed by atoms with Gasteiger partial charge in [0.05, 0.1) is 10.9 Å². The molecule has 0 radical (unpaired) electrons. The van der Waals surface area contributed by atoms with Gasteiger partial charge in [0, 0.05) is 38.1 Å². The summed E-state index contributed by atoms with van der Waals surface area (Å²) in [7, 11) is 0. The summed E-state index contributed by atoms with van der Waals surface area (Å²) in [6.45, 7) is 4.32. The second-order valence-corrected chi connectivity index (χ2v) is 7.00. The van der Waals surface area contributed by atoms with Crippen molar-refractivity contribution in [3.8, 4) is 5.75 Å². The lowest BCUT2D eigenvalue weighted by Gasteiger charge is -2.47. The molecule has 2 aliphatic rings. The van der Waals surface area contributed by atoms with Crippen molar-refractivity contribution in [3.05, 3.63) is 24.5 Å². The molecule has 1 aromatic heterocycles. The number of carbonyl (C=O) groups excluding carboxylic acids is 1. The van der Waals surface area contributed by atoms with Gasteiger partial charge in [-0.25, -0.2) is 0 Å². The third kappa shape index (κ3) is 3.32. The van der Waals surface area contributed by atoms with Crippen LogP contribution in [0.2, 0.25) is 0 Å². The number of rotatable bonds is 5. The van der Waals surface area contributed by atoms with Gasteiger partial charge in [0.25, 0.3) is 0 Å². The van der Waals surface area contributed by atoms with E-state index in [0.717, 1.165) is 31.0 Å². The van der Waals surface area contributed by atoms with Gasteiger partial charge >= 0.3 is 0 Å². The fourth-order valence-corrected chi connectivity index (χ4v) is 4.34. The summed E-state index contributed by atoms with van der Waals surface area (Å²) in [5, 5.41) is 0.